The fourth-order valence-corrected chi connectivity index (χ4v) is 1.54. The van der Waals surface area contributed by atoms with Gasteiger partial charge in [0.1, 0.15) is 5.60 Å². The van der Waals surface area contributed by atoms with Gasteiger partial charge < -0.3 is 14.8 Å². The van der Waals surface area contributed by atoms with Gasteiger partial charge in [-0.1, -0.05) is 0 Å². The van der Waals surface area contributed by atoms with E-state index in [2.05, 4.69) is 5.32 Å². The number of amides is 1. The largest absolute Gasteiger partial charge is 0.466 e. The van der Waals surface area contributed by atoms with Gasteiger partial charge in [0, 0.05) is 6.54 Å². The molecular weight excluding hydrogens is 222 g/mol. The number of carbonyl (C=O) groups excluding carboxylic acids is 2. The van der Waals surface area contributed by atoms with Crippen molar-refractivity contribution in [2.45, 2.75) is 39.7 Å². The van der Waals surface area contributed by atoms with Crippen LogP contribution in [0.25, 0.3) is 0 Å². The topological polar surface area (TPSA) is 64.6 Å². The van der Waals surface area contributed by atoms with E-state index in [1.807, 2.05) is 20.8 Å². The summed E-state index contributed by atoms with van der Waals surface area (Å²) >= 11 is 0. The highest BCUT2D eigenvalue weighted by atomic mass is 16.6. The van der Waals surface area contributed by atoms with Gasteiger partial charge in [0.05, 0.1) is 12.5 Å². The molecule has 0 bridgehead atoms. The van der Waals surface area contributed by atoms with Gasteiger partial charge in [-0.3, -0.25) is 4.79 Å². The monoisotopic (exact) mass is 243 g/mol. The Morgan fingerprint density at radius 2 is 2.00 bits per heavy atom. The van der Waals surface area contributed by atoms with Crippen molar-refractivity contribution in [3.63, 3.8) is 0 Å². The van der Waals surface area contributed by atoms with Crippen LogP contribution in [0.2, 0.25) is 0 Å². The first-order valence-corrected chi connectivity index (χ1v) is 5.97. The van der Waals surface area contributed by atoms with Crippen LogP contribution in [0.5, 0.6) is 0 Å². The molecule has 0 aromatic rings. The summed E-state index contributed by atoms with van der Waals surface area (Å²) in [5.41, 5.74) is -0.492. The van der Waals surface area contributed by atoms with Crippen molar-refractivity contribution >= 4 is 12.1 Å². The van der Waals surface area contributed by atoms with Crippen LogP contribution < -0.4 is 5.32 Å². The lowest BCUT2D eigenvalue weighted by Crippen LogP contribution is -2.33. The van der Waals surface area contributed by atoms with Crippen LogP contribution in [0.1, 0.15) is 34.1 Å². The van der Waals surface area contributed by atoms with E-state index in [1.54, 1.807) is 6.92 Å². The minimum atomic E-state index is -0.492. The maximum atomic E-state index is 11.3. The molecule has 98 valence electrons. The summed E-state index contributed by atoms with van der Waals surface area (Å²) in [6.45, 7) is 8.09. The first kappa shape index (κ1) is 13.8. The van der Waals surface area contributed by atoms with Crippen LogP contribution in [-0.4, -0.2) is 30.8 Å². The number of hydrogen-bond acceptors (Lipinski definition) is 4. The summed E-state index contributed by atoms with van der Waals surface area (Å²) in [4.78, 5) is 22.7. The number of ether oxygens (including phenoxy) is 2. The molecule has 0 heterocycles. The van der Waals surface area contributed by atoms with E-state index in [1.165, 1.54) is 0 Å². The standard InChI is InChI=1S/C12H21NO4/c1-5-16-10(14)9-6-8(9)7-13-11(15)17-12(2,3)4/h8-9H,5-7H2,1-4H3,(H,13,15)/t8-,9-/m1/s1. The zero-order valence-electron chi connectivity index (χ0n) is 10.9. The Morgan fingerprint density at radius 3 is 2.53 bits per heavy atom. The SMILES string of the molecule is CCOC(=O)[C@@H]1C[C@@H]1CNC(=O)OC(C)(C)C. The Hall–Kier alpha value is -1.26. The first-order valence-electron chi connectivity index (χ1n) is 5.97. The fraction of sp³-hybridized carbons (Fsp3) is 0.833. The van der Waals surface area contributed by atoms with Gasteiger partial charge in [-0.05, 0) is 40.0 Å². The van der Waals surface area contributed by atoms with Crippen LogP contribution in [0.15, 0.2) is 0 Å². The molecule has 0 spiro atoms. The molecule has 17 heavy (non-hydrogen) atoms. The molecule has 0 aromatic heterocycles. The summed E-state index contributed by atoms with van der Waals surface area (Å²) in [6.07, 6.45) is 0.348. The zero-order valence-corrected chi connectivity index (χ0v) is 10.9. The highest BCUT2D eigenvalue weighted by Crippen LogP contribution is 2.38. The average molecular weight is 243 g/mol. The molecule has 1 N–H and O–H groups in total. The van der Waals surface area contributed by atoms with Crippen LogP contribution in [-0.2, 0) is 14.3 Å². The van der Waals surface area contributed by atoms with E-state index in [0.717, 1.165) is 6.42 Å². The highest BCUT2D eigenvalue weighted by Gasteiger charge is 2.44. The second kappa shape index (κ2) is 5.38. The number of esters is 1. The fourth-order valence-electron chi connectivity index (χ4n) is 1.54. The Labute approximate surface area is 102 Å². The smallest absolute Gasteiger partial charge is 0.407 e. The molecule has 5 heteroatoms. The number of carbonyl (C=O) groups is 2. The van der Waals surface area contributed by atoms with Gasteiger partial charge in [-0.25, -0.2) is 4.79 Å². The number of rotatable bonds is 4. The van der Waals surface area contributed by atoms with E-state index >= 15 is 0 Å². The predicted molar refractivity (Wildman–Crippen MR) is 62.5 cm³/mol. The van der Waals surface area contributed by atoms with Gasteiger partial charge in [0.2, 0.25) is 0 Å². The molecule has 0 aliphatic heterocycles. The third kappa shape index (κ3) is 5.06. The van der Waals surface area contributed by atoms with E-state index in [0.29, 0.717) is 13.2 Å². The quantitative estimate of drug-likeness (QED) is 0.763. The summed E-state index contributed by atoms with van der Waals surface area (Å²) in [6, 6.07) is 0. The van der Waals surface area contributed by atoms with Crippen molar-refractivity contribution in [2.75, 3.05) is 13.2 Å². The lowest BCUT2D eigenvalue weighted by atomic mass is 10.2. The van der Waals surface area contributed by atoms with Gasteiger partial charge in [0.25, 0.3) is 0 Å². The summed E-state index contributed by atoms with van der Waals surface area (Å²) in [7, 11) is 0. The first-order chi connectivity index (χ1) is 7.83. The molecule has 1 amide bonds. The van der Waals surface area contributed by atoms with Crippen molar-refractivity contribution in [3.05, 3.63) is 0 Å². The van der Waals surface area contributed by atoms with Crippen molar-refractivity contribution in [3.8, 4) is 0 Å². The van der Waals surface area contributed by atoms with Crippen LogP contribution in [0.4, 0.5) is 4.79 Å². The van der Waals surface area contributed by atoms with E-state index in [-0.39, 0.29) is 17.8 Å². The average Bonchev–Trinajstić information content (AvgIpc) is 2.91. The second-order valence-electron chi connectivity index (χ2n) is 5.24. The van der Waals surface area contributed by atoms with Gasteiger partial charge in [-0.15, -0.1) is 0 Å². The highest BCUT2D eigenvalue weighted by molar-refractivity contribution is 5.76. The predicted octanol–water partition coefficient (Wildman–Crippen LogP) is 1.71. The number of nitrogens with one attached hydrogen (secondary N) is 1. The van der Waals surface area contributed by atoms with Crippen LogP contribution in [0.3, 0.4) is 0 Å². The minimum Gasteiger partial charge on any atom is -0.466 e. The van der Waals surface area contributed by atoms with Gasteiger partial charge in [0.15, 0.2) is 0 Å². The summed E-state index contributed by atoms with van der Waals surface area (Å²) in [5.74, 6) is -0.0186. The van der Waals surface area contributed by atoms with Crippen molar-refractivity contribution in [1.82, 2.24) is 5.32 Å². The van der Waals surface area contributed by atoms with Crippen molar-refractivity contribution in [1.29, 1.82) is 0 Å². The number of hydrogen-bond donors (Lipinski definition) is 1. The maximum Gasteiger partial charge on any atom is 0.407 e. The van der Waals surface area contributed by atoms with Crippen LogP contribution >= 0.6 is 0 Å². The molecule has 5 nitrogen and oxygen atoms in total. The minimum absolute atomic E-state index is 0.0510. The molecule has 1 saturated carbocycles. The molecule has 1 aliphatic carbocycles. The molecule has 0 saturated heterocycles. The van der Waals surface area contributed by atoms with E-state index in [9.17, 15) is 9.59 Å². The molecule has 2 atom stereocenters. The molecular formula is C12H21NO4. The van der Waals surface area contributed by atoms with Crippen LogP contribution in [0, 0.1) is 11.8 Å². The van der Waals surface area contributed by atoms with Gasteiger partial charge in [-0.2, -0.15) is 0 Å². The zero-order chi connectivity index (χ0) is 13.1. The Kier molecular flexibility index (Phi) is 4.37. The lowest BCUT2D eigenvalue weighted by Gasteiger charge is -2.19. The lowest BCUT2D eigenvalue weighted by molar-refractivity contribution is -0.145. The maximum absolute atomic E-state index is 11.3. The van der Waals surface area contributed by atoms with E-state index < -0.39 is 11.7 Å². The molecule has 1 aliphatic rings. The molecule has 0 radical (unpaired) electrons. The Bertz CT molecular complexity index is 295. The van der Waals surface area contributed by atoms with Crippen molar-refractivity contribution in [2.24, 2.45) is 11.8 Å². The Balaban J connectivity index is 2.17. The summed E-state index contributed by atoms with van der Waals surface area (Å²) < 4.78 is 9.99. The third-order valence-electron chi connectivity index (χ3n) is 2.42. The third-order valence-corrected chi connectivity index (χ3v) is 2.42. The number of alkyl carbamates (subject to hydrolysis) is 1. The summed E-state index contributed by atoms with van der Waals surface area (Å²) in [5, 5.41) is 2.66. The molecule has 0 aromatic carbocycles. The second-order valence-corrected chi connectivity index (χ2v) is 5.24. The molecule has 0 unspecified atom stereocenters. The Morgan fingerprint density at radius 1 is 1.35 bits per heavy atom. The normalized spacial score (nSPS) is 22.8. The van der Waals surface area contributed by atoms with E-state index in [4.69, 9.17) is 9.47 Å². The molecule has 1 fully saturated rings. The van der Waals surface area contributed by atoms with Gasteiger partial charge >= 0.3 is 12.1 Å². The molecule has 1 rings (SSSR count). The van der Waals surface area contributed by atoms with Crippen molar-refractivity contribution < 1.29 is 19.1 Å².